The average molecular weight is 364 g/mol. The van der Waals surface area contributed by atoms with Crippen molar-refractivity contribution in [3.63, 3.8) is 0 Å². The molecule has 1 saturated heterocycles. The number of amides is 2. The van der Waals surface area contributed by atoms with E-state index < -0.39 is 0 Å². The van der Waals surface area contributed by atoms with E-state index in [-0.39, 0.29) is 17.2 Å². The van der Waals surface area contributed by atoms with Crippen LogP contribution in [-0.4, -0.2) is 42.4 Å². The summed E-state index contributed by atoms with van der Waals surface area (Å²) in [6, 6.07) is 0.314. The van der Waals surface area contributed by atoms with E-state index >= 15 is 0 Å². The lowest BCUT2D eigenvalue weighted by atomic mass is 9.65. The zero-order valence-electron chi connectivity index (χ0n) is 16.8. The van der Waals surface area contributed by atoms with Crippen LogP contribution in [0.25, 0.3) is 0 Å². The highest BCUT2D eigenvalue weighted by atomic mass is 16.2. The minimum atomic E-state index is -0.358. The number of nitrogens with zero attached hydrogens (tertiary/aromatic N) is 1. The second kappa shape index (κ2) is 7.87. The fourth-order valence-corrected chi connectivity index (χ4v) is 5.18. The minimum Gasteiger partial charge on any atom is -0.355 e. The number of hydrogen-bond acceptors (Lipinski definition) is 3. The molecule has 3 atom stereocenters. The number of nitrogens with one attached hydrogen (secondary N) is 1. The minimum absolute atomic E-state index is 0.0926. The van der Waals surface area contributed by atoms with Crippen LogP contribution in [0.4, 0.5) is 0 Å². The normalized spacial score (nSPS) is 35.1. The molecule has 1 aliphatic heterocycles. The molecule has 5 nitrogen and oxygen atoms in total. The van der Waals surface area contributed by atoms with Crippen molar-refractivity contribution in [1.82, 2.24) is 10.2 Å². The first-order chi connectivity index (χ1) is 12.3. The van der Waals surface area contributed by atoms with Crippen molar-refractivity contribution in [1.29, 1.82) is 0 Å². The topological polar surface area (TPSA) is 75.4 Å². The first-order valence-electron chi connectivity index (χ1n) is 10.6. The number of likely N-dealkylation sites (tertiary alicyclic amines) is 1. The summed E-state index contributed by atoms with van der Waals surface area (Å²) in [6.45, 7) is 8.15. The number of rotatable bonds is 3. The molecule has 2 amide bonds. The molecule has 0 radical (unpaired) electrons. The third-order valence-electron chi connectivity index (χ3n) is 6.83. The van der Waals surface area contributed by atoms with E-state index in [9.17, 15) is 9.59 Å². The SMILES string of the molecule is CC(C)(C)C(=O)NCC1CCCN(C(=O)C2CC3CCCC(C2)C3N)C1. The maximum atomic E-state index is 13.1. The molecule has 2 saturated carbocycles. The Kier molecular flexibility index (Phi) is 5.95. The Labute approximate surface area is 158 Å². The van der Waals surface area contributed by atoms with E-state index in [1.807, 2.05) is 20.8 Å². The van der Waals surface area contributed by atoms with Gasteiger partial charge >= 0.3 is 0 Å². The molecule has 0 aromatic carbocycles. The molecule has 26 heavy (non-hydrogen) atoms. The molecular weight excluding hydrogens is 326 g/mol. The molecule has 3 fully saturated rings. The van der Waals surface area contributed by atoms with Gasteiger partial charge in [0.15, 0.2) is 0 Å². The lowest BCUT2D eigenvalue weighted by molar-refractivity contribution is -0.140. The molecule has 3 unspecified atom stereocenters. The summed E-state index contributed by atoms with van der Waals surface area (Å²) in [4.78, 5) is 27.3. The van der Waals surface area contributed by atoms with Crippen LogP contribution in [0.15, 0.2) is 0 Å². The lowest BCUT2D eigenvalue weighted by Gasteiger charge is -2.45. The van der Waals surface area contributed by atoms with E-state index in [2.05, 4.69) is 10.2 Å². The molecule has 1 heterocycles. The Morgan fingerprint density at radius 3 is 2.35 bits per heavy atom. The molecular formula is C21H37N3O2. The van der Waals surface area contributed by atoms with Gasteiger partial charge in [-0.1, -0.05) is 27.2 Å². The van der Waals surface area contributed by atoms with Crippen molar-refractivity contribution in [2.75, 3.05) is 19.6 Å². The quantitative estimate of drug-likeness (QED) is 0.809. The summed E-state index contributed by atoms with van der Waals surface area (Å²) in [5, 5.41) is 3.08. The van der Waals surface area contributed by atoms with Crippen molar-refractivity contribution in [2.24, 2.45) is 34.8 Å². The number of hydrogen-bond donors (Lipinski definition) is 2. The predicted octanol–water partition coefficient (Wildman–Crippen LogP) is 2.54. The molecule has 3 rings (SSSR count). The molecule has 2 bridgehead atoms. The van der Waals surface area contributed by atoms with Crippen LogP contribution in [0.2, 0.25) is 0 Å². The van der Waals surface area contributed by atoms with Gasteiger partial charge in [0, 0.05) is 37.0 Å². The number of nitrogens with two attached hydrogens (primary N) is 1. The van der Waals surface area contributed by atoms with Crippen molar-refractivity contribution >= 4 is 11.8 Å². The van der Waals surface area contributed by atoms with Crippen molar-refractivity contribution < 1.29 is 9.59 Å². The lowest BCUT2D eigenvalue weighted by Crippen LogP contribution is -2.51. The highest BCUT2D eigenvalue weighted by Crippen LogP contribution is 2.42. The smallest absolute Gasteiger partial charge is 0.225 e. The molecule has 148 valence electrons. The maximum absolute atomic E-state index is 13.1. The van der Waals surface area contributed by atoms with Gasteiger partial charge in [-0.15, -0.1) is 0 Å². The van der Waals surface area contributed by atoms with Crippen LogP contribution in [0.1, 0.15) is 65.7 Å². The fraction of sp³-hybridized carbons (Fsp3) is 0.905. The van der Waals surface area contributed by atoms with Crippen LogP contribution >= 0.6 is 0 Å². The van der Waals surface area contributed by atoms with Gasteiger partial charge in [-0.25, -0.2) is 0 Å². The van der Waals surface area contributed by atoms with Crippen LogP contribution < -0.4 is 11.1 Å². The summed E-state index contributed by atoms with van der Waals surface area (Å²) in [7, 11) is 0. The Bertz CT molecular complexity index is 514. The van der Waals surface area contributed by atoms with Crippen LogP contribution in [0.3, 0.4) is 0 Å². The Morgan fingerprint density at radius 1 is 1.08 bits per heavy atom. The number of carbonyl (C=O) groups is 2. The highest BCUT2D eigenvalue weighted by molar-refractivity contribution is 5.81. The second-order valence-electron chi connectivity index (χ2n) is 9.95. The third kappa shape index (κ3) is 4.41. The summed E-state index contributed by atoms with van der Waals surface area (Å²) in [5.41, 5.74) is 6.03. The van der Waals surface area contributed by atoms with Gasteiger partial charge < -0.3 is 16.0 Å². The van der Waals surface area contributed by atoms with Gasteiger partial charge in [0.1, 0.15) is 0 Å². The standard InChI is InChI=1S/C21H37N3O2/c1-21(2,3)20(26)23-12-14-6-5-9-24(13-14)19(25)17-10-15-7-4-8-16(11-17)18(15)22/h14-18H,4-13,22H2,1-3H3,(H,23,26). The molecule has 2 aliphatic carbocycles. The molecule has 5 heteroatoms. The van der Waals surface area contributed by atoms with E-state index in [0.717, 1.165) is 38.8 Å². The zero-order chi connectivity index (χ0) is 18.9. The first kappa shape index (κ1) is 19.7. The van der Waals surface area contributed by atoms with Gasteiger partial charge in [0.2, 0.25) is 11.8 Å². The average Bonchev–Trinajstić information content (AvgIpc) is 2.58. The summed E-state index contributed by atoms with van der Waals surface area (Å²) in [6.07, 6.45) is 7.78. The van der Waals surface area contributed by atoms with E-state index in [1.54, 1.807) is 0 Å². The highest BCUT2D eigenvalue weighted by Gasteiger charge is 2.42. The molecule has 0 spiro atoms. The van der Waals surface area contributed by atoms with Crippen LogP contribution in [0.5, 0.6) is 0 Å². The van der Waals surface area contributed by atoms with E-state index in [1.165, 1.54) is 19.3 Å². The second-order valence-corrected chi connectivity index (χ2v) is 9.95. The molecule has 0 aromatic rings. The number of fused-ring (bicyclic) bond motifs is 2. The van der Waals surface area contributed by atoms with Crippen molar-refractivity contribution in [3.05, 3.63) is 0 Å². The molecule has 3 N–H and O–H groups in total. The van der Waals surface area contributed by atoms with Crippen LogP contribution in [-0.2, 0) is 9.59 Å². The summed E-state index contributed by atoms with van der Waals surface area (Å²) < 4.78 is 0. The number of piperidine rings is 1. The Hall–Kier alpha value is -1.10. The van der Waals surface area contributed by atoms with E-state index in [4.69, 9.17) is 5.73 Å². The third-order valence-corrected chi connectivity index (χ3v) is 6.83. The molecule has 3 aliphatic rings. The van der Waals surface area contributed by atoms with Gasteiger partial charge in [-0.3, -0.25) is 9.59 Å². The van der Waals surface area contributed by atoms with Gasteiger partial charge in [-0.2, -0.15) is 0 Å². The first-order valence-corrected chi connectivity index (χ1v) is 10.6. The summed E-state index contributed by atoms with van der Waals surface area (Å²) in [5.74, 6) is 2.08. The maximum Gasteiger partial charge on any atom is 0.225 e. The number of carbonyl (C=O) groups excluding carboxylic acids is 2. The molecule has 0 aromatic heterocycles. The van der Waals surface area contributed by atoms with Crippen molar-refractivity contribution in [2.45, 2.75) is 71.8 Å². The van der Waals surface area contributed by atoms with Gasteiger partial charge in [0.25, 0.3) is 0 Å². The van der Waals surface area contributed by atoms with Gasteiger partial charge in [0.05, 0.1) is 0 Å². The Balaban J connectivity index is 1.52. The predicted molar refractivity (Wildman–Crippen MR) is 103 cm³/mol. The van der Waals surface area contributed by atoms with E-state index in [0.29, 0.717) is 36.2 Å². The zero-order valence-corrected chi connectivity index (χ0v) is 16.8. The van der Waals surface area contributed by atoms with Crippen molar-refractivity contribution in [3.8, 4) is 0 Å². The largest absolute Gasteiger partial charge is 0.355 e. The Morgan fingerprint density at radius 2 is 1.73 bits per heavy atom. The summed E-state index contributed by atoms with van der Waals surface area (Å²) >= 11 is 0. The van der Waals surface area contributed by atoms with Gasteiger partial charge in [-0.05, 0) is 56.3 Å². The fourth-order valence-electron chi connectivity index (χ4n) is 5.18. The van der Waals surface area contributed by atoms with Crippen LogP contribution in [0, 0.1) is 29.1 Å². The monoisotopic (exact) mass is 363 g/mol.